The molecule has 1 aliphatic carbocycles. The van der Waals surface area contributed by atoms with Gasteiger partial charge in [0.1, 0.15) is 0 Å². The molecule has 1 fully saturated rings. The minimum absolute atomic E-state index is 0. The number of carbonyl (C=O) groups excluding carboxylic acids is 1. The van der Waals surface area contributed by atoms with Crippen molar-refractivity contribution in [3.8, 4) is 0 Å². The van der Waals surface area contributed by atoms with Crippen molar-refractivity contribution in [1.29, 1.82) is 0 Å². The van der Waals surface area contributed by atoms with Crippen molar-refractivity contribution in [2.24, 2.45) is 0 Å². The summed E-state index contributed by atoms with van der Waals surface area (Å²) in [6.07, 6.45) is 2.73. The maximum Gasteiger partial charge on any atom is 0.316 e. The summed E-state index contributed by atoms with van der Waals surface area (Å²) in [7, 11) is 4.04. The molecule has 0 saturated heterocycles. The molecule has 0 bridgehead atoms. The van der Waals surface area contributed by atoms with E-state index in [2.05, 4.69) is 4.90 Å². The molecule has 1 aliphatic rings. The average Bonchev–Trinajstić information content (AvgIpc) is 3.17. The van der Waals surface area contributed by atoms with Crippen molar-refractivity contribution < 1.29 is 9.53 Å². The first-order valence-corrected chi connectivity index (χ1v) is 6.53. The van der Waals surface area contributed by atoms with Gasteiger partial charge in [0.15, 0.2) is 0 Å². The highest BCUT2D eigenvalue weighted by molar-refractivity contribution is 5.86. The van der Waals surface area contributed by atoms with Gasteiger partial charge in [-0.05, 0) is 38.9 Å². The van der Waals surface area contributed by atoms with Gasteiger partial charge in [-0.15, -0.1) is 12.4 Å². The Kier molecular flexibility index (Phi) is 5.83. The number of hydrogen-bond donors (Lipinski definition) is 0. The van der Waals surface area contributed by atoms with E-state index in [0.29, 0.717) is 6.61 Å². The van der Waals surface area contributed by atoms with Crippen LogP contribution in [0.25, 0.3) is 0 Å². The fourth-order valence-electron chi connectivity index (χ4n) is 2.18. The number of nitrogens with zero attached hydrogens (tertiary/aromatic N) is 1. The minimum atomic E-state index is -0.334. The summed E-state index contributed by atoms with van der Waals surface area (Å²) >= 11 is 0. The van der Waals surface area contributed by atoms with Gasteiger partial charge in [0.05, 0.1) is 12.0 Å². The Morgan fingerprint density at radius 1 is 1.26 bits per heavy atom. The van der Waals surface area contributed by atoms with Crippen LogP contribution in [0.4, 0.5) is 0 Å². The fourth-order valence-corrected chi connectivity index (χ4v) is 2.18. The third-order valence-corrected chi connectivity index (χ3v) is 3.45. The first kappa shape index (κ1) is 16.0. The molecule has 1 aromatic rings. The molecule has 0 unspecified atom stereocenters. The van der Waals surface area contributed by atoms with E-state index in [4.69, 9.17) is 4.74 Å². The summed E-state index contributed by atoms with van der Waals surface area (Å²) < 4.78 is 5.41. The summed E-state index contributed by atoms with van der Waals surface area (Å²) in [5.41, 5.74) is 0.766. The predicted molar refractivity (Wildman–Crippen MR) is 78.7 cm³/mol. The van der Waals surface area contributed by atoms with Crippen molar-refractivity contribution in [2.45, 2.75) is 24.7 Å². The molecule has 0 spiro atoms. The van der Waals surface area contributed by atoms with Crippen molar-refractivity contribution in [2.75, 3.05) is 27.2 Å². The topological polar surface area (TPSA) is 29.5 Å². The molecule has 0 N–H and O–H groups in total. The lowest BCUT2D eigenvalue weighted by molar-refractivity contribution is -0.147. The quantitative estimate of drug-likeness (QED) is 0.594. The molecule has 0 heterocycles. The van der Waals surface area contributed by atoms with Crippen LogP contribution in [0.5, 0.6) is 0 Å². The number of carbonyl (C=O) groups is 1. The number of esters is 1. The van der Waals surface area contributed by atoms with Gasteiger partial charge in [-0.3, -0.25) is 4.79 Å². The molecule has 1 saturated carbocycles. The maximum absolute atomic E-state index is 12.1. The van der Waals surface area contributed by atoms with Crippen molar-refractivity contribution in [3.63, 3.8) is 0 Å². The normalized spacial score (nSPS) is 15.7. The first-order chi connectivity index (χ1) is 8.65. The van der Waals surface area contributed by atoms with Gasteiger partial charge in [0.25, 0.3) is 0 Å². The Bertz CT molecular complexity index is 402. The Labute approximate surface area is 121 Å². The molecule has 0 aromatic heterocycles. The van der Waals surface area contributed by atoms with Crippen molar-refractivity contribution in [1.82, 2.24) is 4.90 Å². The minimum Gasteiger partial charge on any atom is -0.465 e. The van der Waals surface area contributed by atoms with E-state index in [-0.39, 0.29) is 23.8 Å². The molecule has 3 nitrogen and oxygen atoms in total. The SMILES string of the molecule is CN(C)CCCOC(=O)C1(c2ccccc2)CC1.Cl. The van der Waals surface area contributed by atoms with Gasteiger partial charge >= 0.3 is 5.97 Å². The molecular weight excluding hydrogens is 262 g/mol. The number of ether oxygens (including phenoxy) is 1. The Morgan fingerprint density at radius 3 is 2.42 bits per heavy atom. The van der Waals surface area contributed by atoms with E-state index in [9.17, 15) is 4.79 Å². The molecular formula is C15H22ClNO2. The van der Waals surface area contributed by atoms with Crippen LogP contribution in [0.3, 0.4) is 0 Å². The molecule has 4 heteroatoms. The standard InChI is InChI=1S/C15H21NO2.ClH/c1-16(2)11-6-12-18-14(17)15(9-10-15)13-7-4-3-5-8-13;/h3-5,7-8H,6,9-12H2,1-2H3;1H. The van der Waals surface area contributed by atoms with Gasteiger partial charge in [0.2, 0.25) is 0 Å². The Morgan fingerprint density at radius 2 is 1.89 bits per heavy atom. The number of halogens is 1. The van der Waals surface area contributed by atoms with Gasteiger partial charge in [0, 0.05) is 6.54 Å². The summed E-state index contributed by atoms with van der Waals surface area (Å²) in [6, 6.07) is 9.98. The molecule has 1 aromatic carbocycles. The highest BCUT2D eigenvalue weighted by atomic mass is 35.5. The molecule has 0 amide bonds. The molecule has 2 rings (SSSR count). The lowest BCUT2D eigenvalue weighted by Gasteiger charge is -2.15. The number of hydrogen-bond acceptors (Lipinski definition) is 3. The zero-order valence-electron chi connectivity index (χ0n) is 11.6. The number of rotatable bonds is 6. The van der Waals surface area contributed by atoms with Gasteiger partial charge < -0.3 is 9.64 Å². The maximum atomic E-state index is 12.1. The van der Waals surface area contributed by atoms with Crippen molar-refractivity contribution >= 4 is 18.4 Å². The molecule has 106 valence electrons. The average molecular weight is 284 g/mol. The highest BCUT2D eigenvalue weighted by Gasteiger charge is 2.52. The summed E-state index contributed by atoms with van der Waals surface area (Å²) in [6.45, 7) is 1.47. The summed E-state index contributed by atoms with van der Waals surface area (Å²) in [5.74, 6) is -0.0487. The van der Waals surface area contributed by atoms with Crippen LogP contribution < -0.4 is 0 Å². The van der Waals surface area contributed by atoms with Crippen LogP contribution in [0.2, 0.25) is 0 Å². The van der Waals surface area contributed by atoms with Crippen LogP contribution in [-0.2, 0) is 14.9 Å². The molecule has 19 heavy (non-hydrogen) atoms. The van der Waals surface area contributed by atoms with E-state index >= 15 is 0 Å². The number of benzene rings is 1. The monoisotopic (exact) mass is 283 g/mol. The van der Waals surface area contributed by atoms with E-state index in [1.165, 1.54) is 0 Å². The van der Waals surface area contributed by atoms with Crippen molar-refractivity contribution in [3.05, 3.63) is 35.9 Å². The second-order valence-electron chi connectivity index (χ2n) is 5.24. The Balaban J connectivity index is 0.00000180. The lowest BCUT2D eigenvalue weighted by atomic mass is 9.96. The van der Waals surface area contributed by atoms with Crippen LogP contribution in [-0.4, -0.2) is 38.1 Å². The third kappa shape index (κ3) is 3.95. The summed E-state index contributed by atoms with van der Waals surface area (Å²) in [4.78, 5) is 14.2. The molecule has 0 radical (unpaired) electrons. The fraction of sp³-hybridized carbons (Fsp3) is 0.533. The first-order valence-electron chi connectivity index (χ1n) is 6.53. The van der Waals surface area contributed by atoms with E-state index in [0.717, 1.165) is 31.4 Å². The summed E-state index contributed by atoms with van der Waals surface area (Å²) in [5, 5.41) is 0. The van der Waals surface area contributed by atoms with Crippen LogP contribution in [0, 0.1) is 0 Å². The van der Waals surface area contributed by atoms with Crippen LogP contribution in [0.1, 0.15) is 24.8 Å². The second kappa shape index (κ2) is 6.92. The van der Waals surface area contributed by atoms with Gasteiger partial charge in [-0.2, -0.15) is 0 Å². The van der Waals surface area contributed by atoms with Crippen LogP contribution in [0.15, 0.2) is 30.3 Å². The lowest BCUT2D eigenvalue weighted by Crippen LogP contribution is -2.24. The zero-order chi connectivity index (χ0) is 13.0. The smallest absolute Gasteiger partial charge is 0.316 e. The second-order valence-corrected chi connectivity index (χ2v) is 5.24. The van der Waals surface area contributed by atoms with E-state index < -0.39 is 0 Å². The molecule has 0 atom stereocenters. The van der Waals surface area contributed by atoms with Gasteiger partial charge in [-0.25, -0.2) is 0 Å². The molecule has 0 aliphatic heterocycles. The highest BCUT2D eigenvalue weighted by Crippen LogP contribution is 2.49. The van der Waals surface area contributed by atoms with E-state index in [1.807, 2.05) is 44.4 Å². The Hall–Kier alpha value is -1.06. The van der Waals surface area contributed by atoms with Crippen LogP contribution >= 0.6 is 12.4 Å². The van der Waals surface area contributed by atoms with E-state index in [1.54, 1.807) is 0 Å². The largest absolute Gasteiger partial charge is 0.465 e. The van der Waals surface area contributed by atoms with Gasteiger partial charge in [-0.1, -0.05) is 30.3 Å². The predicted octanol–water partition coefficient (Wildman–Crippen LogP) is 2.63. The third-order valence-electron chi connectivity index (χ3n) is 3.45. The zero-order valence-corrected chi connectivity index (χ0v) is 12.4.